The second-order valence-corrected chi connectivity index (χ2v) is 5.71. The summed E-state index contributed by atoms with van der Waals surface area (Å²) in [6.07, 6.45) is 0.480. The van der Waals surface area contributed by atoms with Gasteiger partial charge in [-0.2, -0.15) is 4.98 Å². The number of aliphatic hydroxyl groups excluding tert-OH is 1. The van der Waals surface area contributed by atoms with Crippen LogP contribution >= 0.6 is 0 Å². The lowest BCUT2D eigenvalue weighted by Crippen LogP contribution is -2.59. The maximum Gasteiger partial charge on any atom is 0.317 e. The first-order valence-corrected chi connectivity index (χ1v) is 7.82. The molecule has 1 aliphatic heterocycles. The van der Waals surface area contributed by atoms with Crippen molar-refractivity contribution in [3.05, 3.63) is 41.5 Å². The van der Waals surface area contributed by atoms with E-state index in [1.165, 1.54) is 0 Å². The van der Waals surface area contributed by atoms with Gasteiger partial charge in [0.25, 0.3) is 5.89 Å². The van der Waals surface area contributed by atoms with Gasteiger partial charge in [-0.05, 0) is 24.6 Å². The molecule has 0 aliphatic carbocycles. The van der Waals surface area contributed by atoms with Crippen LogP contribution in [0, 0.1) is 6.92 Å². The van der Waals surface area contributed by atoms with Crippen LogP contribution in [0.3, 0.4) is 0 Å². The number of carbonyl (C=O) groups excluding carboxylic acids is 1. The Hall–Kier alpha value is -2.61. The molecule has 2 aromatic rings. The number of aliphatic hydroxyl groups is 1. The van der Waals surface area contributed by atoms with Crippen LogP contribution in [0.5, 0.6) is 5.75 Å². The van der Waals surface area contributed by atoms with Crippen molar-refractivity contribution in [2.75, 3.05) is 19.6 Å². The van der Waals surface area contributed by atoms with Crippen LogP contribution in [0.2, 0.25) is 0 Å². The standard InChI is InChI=1S/C16H20N4O4/c1-11-3-2-4-12(7-11)23-13-8-20(9-13)16(22)17-6-5-14-18-15(10-21)24-19-14/h2-4,7,13,21H,5-6,8-10H2,1H3,(H,17,22). The molecular weight excluding hydrogens is 312 g/mol. The summed E-state index contributed by atoms with van der Waals surface area (Å²) < 4.78 is 10.6. The van der Waals surface area contributed by atoms with Crippen molar-refractivity contribution >= 4 is 6.03 Å². The van der Waals surface area contributed by atoms with Crippen LogP contribution in [-0.4, -0.2) is 51.9 Å². The number of aryl methyl sites for hydroxylation is 1. The number of hydrogen-bond acceptors (Lipinski definition) is 6. The first-order chi connectivity index (χ1) is 11.6. The van der Waals surface area contributed by atoms with Crippen molar-refractivity contribution in [2.45, 2.75) is 26.1 Å². The Balaban J connectivity index is 1.35. The molecule has 1 aromatic heterocycles. The highest BCUT2D eigenvalue weighted by Crippen LogP contribution is 2.19. The average Bonchev–Trinajstić information content (AvgIpc) is 2.98. The number of rotatable bonds is 6. The van der Waals surface area contributed by atoms with Gasteiger partial charge in [0.2, 0.25) is 0 Å². The highest BCUT2D eigenvalue weighted by molar-refractivity contribution is 5.75. The lowest BCUT2D eigenvalue weighted by atomic mass is 10.1. The average molecular weight is 332 g/mol. The van der Waals surface area contributed by atoms with Crippen LogP contribution < -0.4 is 10.1 Å². The Morgan fingerprint density at radius 1 is 1.50 bits per heavy atom. The van der Waals surface area contributed by atoms with E-state index in [-0.39, 0.29) is 24.6 Å². The van der Waals surface area contributed by atoms with E-state index in [9.17, 15) is 4.79 Å². The number of aromatic nitrogens is 2. The van der Waals surface area contributed by atoms with Gasteiger partial charge >= 0.3 is 6.03 Å². The zero-order valence-corrected chi connectivity index (χ0v) is 13.4. The highest BCUT2D eigenvalue weighted by Gasteiger charge is 2.32. The van der Waals surface area contributed by atoms with Crippen LogP contribution in [0.25, 0.3) is 0 Å². The summed E-state index contributed by atoms with van der Waals surface area (Å²) in [5, 5.41) is 15.3. The summed E-state index contributed by atoms with van der Waals surface area (Å²) in [4.78, 5) is 17.6. The fraction of sp³-hybridized carbons (Fsp3) is 0.438. The predicted octanol–water partition coefficient (Wildman–Crippen LogP) is 0.886. The van der Waals surface area contributed by atoms with E-state index in [1.807, 2.05) is 31.2 Å². The third-order valence-corrected chi connectivity index (χ3v) is 3.70. The first-order valence-electron chi connectivity index (χ1n) is 7.82. The van der Waals surface area contributed by atoms with Gasteiger partial charge in [-0.25, -0.2) is 4.79 Å². The number of amides is 2. The first kappa shape index (κ1) is 16.3. The lowest BCUT2D eigenvalue weighted by molar-refractivity contribution is 0.0445. The summed E-state index contributed by atoms with van der Waals surface area (Å²) in [7, 11) is 0. The second kappa shape index (κ2) is 7.31. The molecule has 0 atom stereocenters. The predicted molar refractivity (Wildman–Crippen MR) is 84.5 cm³/mol. The highest BCUT2D eigenvalue weighted by atomic mass is 16.5. The van der Waals surface area contributed by atoms with Crippen molar-refractivity contribution < 1.29 is 19.2 Å². The second-order valence-electron chi connectivity index (χ2n) is 5.71. The quantitative estimate of drug-likeness (QED) is 0.814. The number of likely N-dealkylation sites (tertiary alicyclic amines) is 1. The Bertz CT molecular complexity index is 697. The fourth-order valence-electron chi connectivity index (χ4n) is 2.41. The van der Waals surface area contributed by atoms with Gasteiger partial charge in [-0.3, -0.25) is 0 Å². The minimum Gasteiger partial charge on any atom is -0.487 e. The number of nitrogens with zero attached hydrogens (tertiary/aromatic N) is 3. The van der Waals surface area contributed by atoms with Gasteiger partial charge in [0.05, 0.1) is 13.1 Å². The van der Waals surface area contributed by atoms with Crippen LogP contribution in [0.4, 0.5) is 4.79 Å². The zero-order valence-electron chi connectivity index (χ0n) is 13.4. The molecule has 2 heterocycles. The smallest absolute Gasteiger partial charge is 0.317 e. The van der Waals surface area contributed by atoms with Gasteiger partial charge < -0.3 is 24.6 Å². The number of carbonyl (C=O) groups is 1. The summed E-state index contributed by atoms with van der Waals surface area (Å²) in [6, 6.07) is 7.73. The molecule has 2 amide bonds. The van der Waals surface area contributed by atoms with Crippen LogP contribution in [-0.2, 0) is 13.0 Å². The number of nitrogens with one attached hydrogen (secondary N) is 1. The van der Waals surface area contributed by atoms with E-state index in [0.29, 0.717) is 31.9 Å². The molecule has 8 nitrogen and oxygen atoms in total. The molecule has 0 spiro atoms. The Morgan fingerprint density at radius 3 is 3.04 bits per heavy atom. The summed E-state index contributed by atoms with van der Waals surface area (Å²) in [5.41, 5.74) is 1.15. The van der Waals surface area contributed by atoms with E-state index < -0.39 is 0 Å². The van der Waals surface area contributed by atoms with Crippen molar-refractivity contribution in [3.63, 3.8) is 0 Å². The molecule has 1 aromatic carbocycles. The Labute approximate surface area is 139 Å². The SMILES string of the molecule is Cc1cccc(OC2CN(C(=O)NCCc3noc(CO)n3)C2)c1. The van der Waals surface area contributed by atoms with E-state index in [0.717, 1.165) is 11.3 Å². The van der Waals surface area contributed by atoms with Crippen molar-refractivity contribution in [1.29, 1.82) is 0 Å². The summed E-state index contributed by atoms with van der Waals surface area (Å²) >= 11 is 0. The molecule has 3 rings (SSSR count). The molecule has 1 aliphatic rings. The number of benzene rings is 1. The molecule has 1 fully saturated rings. The minimum absolute atomic E-state index is 0.0295. The van der Waals surface area contributed by atoms with Gasteiger partial charge in [0, 0.05) is 13.0 Å². The summed E-state index contributed by atoms with van der Waals surface area (Å²) in [5.74, 6) is 1.47. The third-order valence-electron chi connectivity index (χ3n) is 3.70. The number of urea groups is 1. The molecular formula is C16H20N4O4. The van der Waals surface area contributed by atoms with Crippen molar-refractivity contribution in [2.24, 2.45) is 0 Å². The monoisotopic (exact) mass is 332 g/mol. The lowest BCUT2D eigenvalue weighted by Gasteiger charge is -2.38. The van der Waals surface area contributed by atoms with Crippen LogP contribution in [0.15, 0.2) is 28.8 Å². The summed E-state index contributed by atoms with van der Waals surface area (Å²) in [6.45, 7) is 3.27. The van der Waals surface area contributed by atoms with Crippen molar-refractivity contribution in [1.82, 2.24) is 20.4 Å². The zero-order chi connectivity index (χ0) is 16.9. The minimum atomic E-state index is -0.282. The number of ether oxygens (including phenoxy) is 1. The molecule has 1 saturated heterocycles. The molecule has 0 unspecified atom stereocenters. The van der Waals surface area contributed by atoms with Gasteiger partial charge in [0.1, 0.15) is 18.5 Å². The Kier molecular flexibility index (Phi) is 4.95. The maximum absolute atomic E-state index is 12.0. The van der Waals surface area contributed by atoms with Gasteiger partial charge in [0.15, 0.2) is 5.82 Å². The number of hydrogen-bond donors (Lipinski definition) is 2. The maximum atomic E-state index is 12.0. The normalized spacial score (nSPS) is 14.3. The molecule has 2 N–H and O–H groups in total. The van der Waals surface area contributed by atoms with Gasteiger partial charge in [-0.1, -0.05) is 17.3 Å². The van der Waals surface area contributed by atoms with E-state index in [2.05, 4.69) is 15.5 Å². The van der Waals surface area contributed by atoms with E-state index in [1.54, 1.807) is 4.90 Å². The molecule has 0 bridgehead atoms. The fourth-order valence-corrected chi connectivity index (χ4v) is 2.41. The molecule has 0 saturated carbocycles. The van der Waals surface area contributed by atoms with E-state index >= 15 is 0 Å². The largest absolute Gasteiger partial charge is 0.487 e. The molecule has 8 heteroatoms. The third kappa shape index (κ3) is 4.02. The van der Waals surface area contributed by atoms with Crippen LogP contribution in [0.1, 0.15) is 17.3 Å². The van der Waals surface area contributed by atoms with Crippen molar-refractivity contribution in [3.8, 4) is 5.75 Å². The Morgan fingerprint density at radius 2 is 2.33 bits per heavy atom. The molecule has 128 valence electrons. The van der Waals surface area contributed by atoms with E-state index in [4.69, 9.17) is 14.4 Å². The molecule has 0 radical (unpaired) electrons. The topological polar surface area (TPSA) is 101 Å². The van der Waals surface area contributed by atoms with Gasteiger partial charge in [-0.15, -0.1) is 0 Å². The molecule has 24 heavy (non-hydrogen) atoms.